The lowest BCUT2D eigenvalue weighted by Gasteiger charge is -2.25. The van der Waals surface area contributed by atoms with Crippen LogP contribution in [0.25, 0.3) is 0 Å². The van der Waals surface area contributed by atoms with Gasteiger partial charge >= 0.3 is 5.92 Å². The molecular formula is C24H21F3N2O4. The molecule has 6 nitrogen and oxygen atoms in total. The maximum absolute atomic E-state index is 14.4. The highest BCUT2D eigenvalue weighted by Gasteiger charge is 2.41. The van der Waals surface area contributed by atoms with Gasteiger partial charge in [-0.1, -0.05) is 12.1 Å². The third-order valence-electron chi connectivity index (χ3n) is 6.00. The monoisotopic (exact) mass is 458 g/mol. The summed E-state index contributed by atoms with van der Waals surface area (Å²) in [6.45, 7) is -0.0275. The highest BCUT2D eigenvalue weighted by Crippen LogP contribution is 2.30. The second kappa shape index (κ2) is 8.80. The number of halogens is 3. The van der Waals surface area contributed by atoms with Crippen molar-refractivity contribution in [1.29, 1.82) is 0 Å². The van der Waals surface area contributed by atoms with Gasteiger partial charge in [-0.3, -0.25) is 19.2 Å². The van der Waals surface area contributed by atoms with Crippen LogP contribution in [-0.2, 0) is 33.4 Å². The molecule has 0 radical (unpaired) electrons. The summed E-state index contributed by atoms with van der Waals surface area (Å²) in [4.78, 5) is 50.5. The molecule has 0 aromatic heterocycles. The van der Waals surface area contributed by atoms with E-state index >= 15 is 0 Å². The van der Waals surface area contributed by atoms with Crippen LogP contribution in [0.4, 0.5) is 13.2 Å². The Morgan fingerprint density at radius 2 is 1.82 bits per heavy atom. The number of nitrogens with one attached hydrogen (secondary N) is 1. The van der Waals surface area contributed by atoms with Crippen LogP contribution >= 0.6 is 0 Å². The first-order valence-electron chi connectivity index (χ1n) is 10.6. The average molecular weight is 458 g/mol. The molecule has 9 heteroatoms. The summed E-state index contributed by atoms with van der Waals surface area (Å²) < 4.78 is 41.7. The first kappa shape index (κ1) is 22.7. The quantitative estimate of drug-likeness (QED) is 0.551. The summed E-state index contributed by atoms with van der Waals surface area (Å²) in [5.41, 5.74) is 0.919. The van der Waals surface area contributed by atoms with Crippen LogP contribution < -0.4 is 5.32 Å². The van der Waals surface area contributed by atoms with Gasteiger partial charge in [-0.15, -0.1) is 0 Å². The molecule has 2 aromatic carbocycles. The Labute approximate surface area is 187 Å². The minimum absolute atomic E-state index is 0.123. The number of carbonyl (C=O) groups is 4. The van der Waals surface area contributed by atoms with Crippen molar-refractivity contribution in [3.8, 4) is 0 Å². The molecule has 1 aliphatic carbocycles. The summed E-state index contributed by atoms with van der Waals surface area (Å²) >= 11 is 0. The normalized spacial score (nSPS) is 18.8. The van der Waals surface area contributed by atoms with Crippen LogP contribution in [0.15, 0.2) is 42.5 Å². The number of Topliss-reactive ketones (excluding diaryl/α,β-unsaturated/α-hetero) is 2. The molecule has 1 fully saturated rings. The first-order valence-corrected chi connectivity index (χ1v) is 10.6. The Morgan fingerprint density at radius 3 is 2.55 bits per heavy atom. The van der Waals surface area contributed by atoms with E-state index in [4.69, 9.17) is 0 Å². The van der Waals surface area contributed by atoms with Gasteiger partial charge in [0, 0.05) is 30.6 Å². The molecule has 172 valence electrons. The molecule has 1 heterocycles. The molecule has 0 saturated heterocycles. The number of carbonyl (C=O) groups excluding carboxylic acids is 4. The minimum atomic E-state index is -3.84. The van der Waals surface area contributed by atoms with Gasteiger partial charge < -0.3 is 10.2 Å². The van der Waals surface area contributed by atoms with Gasteiger partial charge in [-0.2, -0.15) is 8.78 Å². The van der Waals surface area contributed by atoms with Crippen molar-refractivity contribution < 1.29 is 32.3 Å². The van der Waals surface area contributed by atoms with E-state index in [1.807, 2.05) is 0 Å². The predicted molar refractivity (Wildman–Crippen MR) is 111 cm³/mol. The number of nitrogens with zero attached hydrogens (tertiary/aromatic N) is 1. The molecule has 1 atom stereocenters. The SMILES string of the molecule is O=C1CCCC(N2Cc3cc(CNC(=O)C(F)(F)c4ccc(F)cc4)ccc3C2=O)C(=O)C1. The number of ketones is 2. The smallest absolute Gasteiger partial charge is 0.346 e. The number of alkyl halides is 2. The second-order valence-electron chi connectivity index (χ2n) is 8.28. The van der Waals surface area contributed by atoms with Gasteiger partial charge in [-0.05, 0) is 54.3 Å². The van der Waals surface area contributed by atoms with Gasteiger partial charge in [0.1, 0.15) is 11.6 Å². The maximum atomic E-state index is 14.4. The molecule has 2 aliphatic rings. The van der Waals surface area contributed by atoms with E-state index in [2.05, 4.69) is 5.32 Å². The lowest BCUT2D eigenvalue weighted by Crippen LogP contribution is -2.41. The molecule has 1 N–H and O–H groups in total. The Hall–Kier alpha value is -3.49. The van der Waals surface area contributed by atoms with E-state index < -0.39 is 29.3 Å². The number of fused-ring (bicyclic) bond motifs is 1. The number of rotatable bonds is 5. The zero-order valence-corrected chi connectivity index (χ0v) is 17.6. The first-order chi connectivity index (χ1) is 15.7. The topological polar surface area (TPSA) is 83.6 Å². The zero-order valence-electron chi connectivity index (χ0n) is 17.6. The molecule has 0 bridgehead atoms. The fourth-order valence-electron chi connectivity index (χ4n) is 4.23. The molecule has 1 unspecified atom stereocenters. The highest BCUT2D eigenvalue weighted by molar-refractivity contribution is 6.06. The van der Waals surface area contributed by atoms with E-state index in [1.165, 1.54) is 4.90 Å². The van der Waals surface area contributed by atoms with Crippen molar-refractivity contribution in [2.75, 3.05) is 0 Å². The van der Waals surface area contributed by atoms with Gasteiger partial charge in [0.25, 0.3) is 11.8 Å². The minimum Gasteiger partial charge on any atom is -0.346 e. The fraction of sp³-hybridized carbons (Fsp3) is 0.333. The summed E-state index contributed by atoms with van der Waals surface area (Å²) in [6, 6.07) is 7.49. The molecule has 2 amide bonds. The molecular weight excluding hydrogens is 437 g/mol. The van der Waals surface area contributed by atoms with Crippen LogP contribution in [0, 0.1) is 5.82 Å². The number of amides is 2. The van der Waals surface area contributed by atoms with E-state index in [0.717, 1.165) is 24.3 Å². The summed E-state index contributed by atoms with van der Waals surface area (Å²) in [5.74, 6) is -6.75. The average Bonchev–Trinajstić information content (AvgIpc) is 2.99. The fourth-order valence-corrected chi connectivity index (χ4v) is 4.23. The van der Waals surface area contributed by atoms with Gasteiger partial charge in [0.05, 0.1) is 12.5 Å². The molecule has 1 saturated carbocycles. The Morgan fingerprint density at radius 1 is 1.09 bits per heavy atom. The summed E-state index contributed by atoms with van der Waals surface area (Å²) in [6.07, 6.45) is 1.11. The van der Waals surface area contributed by atoms with Gasteiger partial charge in [-0.25, -0.2) is 4.39 Å². The van der Waals surface area contributed by atoms with Crippen molar-refractivity contribution in [2.24, 2.45) is 0 Å². The number of hydrogen-bond donors (Lipinski definition) is 1. The van der Waals surface area contributed by atoms with Crippen molar-refractivity contribution >= 4 is 23.4 Å². The Bertz CT molecular complexity index is 1130. The molecule has 2 aromatic rings. The highest BCUT2D eigenvalue weighted by atomic mass is 19.3. The van der Waals surface area contributed by atoms with E-state index in [1.54, 1.807) is 18.2 Å². The number of hydrogen-bond acceptors (Lipinski definition) is 4. The third kappa shape index (κ3) is 4.53. The van der Waals surface area contributed by atoms with E-state index in [9.17, 15) is 32.3 Å². The zero-order chi connectivity index (χ0) is 23.8. The summed E-state index contributed by atoms with van der Waals surface area (Å²) in [7, 11) is 0. The van der Waals surface area contributed by atoms with Crippen LogP contribution in [0.1, 0.15) is 52.7 Å². The largest absolute Gasteiger partial charge is 0.349 e. The van der Waals surface area contributed by atoms with Crippen LogP contribution in [0.5, 0.6) is 0 Å². The lowest BCUT2D eigenvalue weighted by atomic mass is 10.1. The second-order valence-corrected chi connectivity index (χ2v) is 8.28. The lowest BCUT2D eigenvalue weighted by molar-refractivity contribution is -0.147. The van der Waals surface area contributed by atoms with Crippen LogP contribution in [-0.4, -0.2) is 34.3 Å². The standard InChI is InChI=1S/C24H21F3N2O4/c25-17-7-5-16(6-8-17)24(26,27)23(33)28-12-14-4-9-19-15(10-14)13-29(22(19)32)20-3-1-2-18(30)11-21(20)31/h4-10,20H,1-3,11-13H2,(H,28,33). The van der Waals surface area contributed by atoms with Gasteiger partial charge in [0.2, 0.25) is 0 Å². The van der Waals surface area contributed by atoms with Crippen LogP contribution in [0.3, 0.4) is 0 Å². The third-order valence-corrected chi connectivity index (χ3v) is 6.00. The van der Waals surface area contributed by atoms with Crippen molar-refractivity contribution in [3.05, 3.63) is 70.5 Å². The number of benzene rings is 2. The predicted octanol–water partition coefficient (Wildman–Crippen LogP) is 3.27. The van der Waals surface area contributed by atoms with Gasteiger partial charge in [0.15, 0.2) is 5.78 Å². The van der Waals surface area contributed by atoms with Crippen LogP contribution in [0.2, 0.25) is 0 Å². The molecule has 0 spiro atoms. The molecule has 4 rings (SSSR count). The Balaban J connectivity index is 1.44. The summed E-state index contributed by atoms with van der Waals surface area (Å²) in [5, 5.41) is 2.18. The van der Waals surface area contributed by atoms with E-state index in [0.29, 0.717) is 36.0 Å². The van der Waals surface area contributed by atoms with Crippen molar-refractivity contribution in [2.45, 2.75) is 50.7 Å². The molecule has 33 heavy (non-hydrogen) atoms. The molecule has 1 aliphatic heterocycles. The Kier molecular flexibility index (Phi) is 6.05. The van der Waals surface area contributed by atoms with Crippen molar-refractivity contribution in [1.82, 2.24) is 10.2 Å². The maximum Gasteiger partial charge on any atom is 0.349 e. The van der Waals surface area contributed by atoms with E-state index in [-0.39, 0.29) is 37.0 Å². The van der Waals surface area contributed by atoms with Crippen molar-refractivity contribution in [3.63, 3.8) is 0 Å².